The monoisotopic (exact) mass is 346 g/mol. The van der Waals surface area contributed by atoms with Gasteiger partial charge in [0.05, 0.1) is 30.7 Å². The normalized spacial score (nSPS) is 11.0. The number of amides is 1. The highest BCUT2D eigenvalue weighted by Gasteiger charge is 2.14. The summed E-state index contributed by atoms with van der Waals surface area (Å²) in [6.07, 6.45) is 0.474. The number of nitrogens with zero attached hydrogens (tertiary/aromatic N) is 2. The van der Waals surface area contributed by atoms with Gasteiger partial charge in [-0.2, -0.15) is 4.98 Å². The fourth-order valence-electron chi connectivity index (χ4n) is 2.33. The van der Waals surface area contributed by atoms with Gasteiger partial charge < -0.3 is 19.6 Å². The zero-order valence-corrected chi connectivity index (χ0v) is 13.3. The molecule has 3 aromatic rings. The van der Waals surface area contributed by atoms with Crippen LogP contribution in [-0.4, -0.2) is 34.7 Å². The largest absolute Gasteiger partial charge is 0.384 e. The number of aromatic amines is 1. The van der Waals surface area contributed by atoms with Crippen LogP contribution in [0.2, 0.25) is 0 Å². The molecule has 1 amide bonds. The van der Waals surface area contributed by atoms with Gasteiger partial charge in [0, 0.05) is 18.6 Å². The van der Waals surface area contributed by atoms with Crippen molar-refractivity contribution in [1.82, 2.24) is 20.4 Å². The van der Waals surface area contributed by atoms with Crippen LogP contribution in [0.1, 0.15) is 22.1 Å². The average Bonchev–Trinajstić information content (AvgIpc) is 3.04. The van der Waals surface area contributed by atoms with E-state index < -0.39 is 17.3 Å². The van der Waals surface area contributed by atoms with E-state index >= 15 is 0 Å². The summed E-state index contributed by atoms with van der Waals surface area (Å²) in [7, 11) is 1.56. The number of benzene rings is 1. The van der Waals surface area contributed by atoms with Crippen molar-refractivity contribution in [3.63, 3.8) is 0 Å². The first-order chi connectivity index (χ1) is 12.1. The molecule has 0 radical (unpaired) electrons. The second-order valence-electron chi connectivity index (χ2n) is 5.27. The van der Waals surface area contributed by atoms with E-state index in [0.717, 1.165) is 12.1 Å². The lowest BCUT2D eigenvalue weighted by molar-refractivity contribution is 0.0951. The number of fused-ring (bicyclic) bond motifs is 1. The predicted molar refractivity (Wildman–Crippen MR) is 85.6 cm³/mol. The molecule has 2 N–H and O–H groups in total. The van der Waals surface area contributed by atoms with E-state index in [1.165, 1.54) is 12.1 Å². The molecular weight excluding hydrogens is 331 g/mol. The summed E-state index contributed by atoms with van der Waals surface area (Å²) in [6.45, 7) is 0.480. The maximum atomic E-state index is 13.3. The van der Waals surface area contributed by atoms with Gasteiger partial charge in [-0.3, -0.25) is 9.59 Å². The summed E-state index contributed by atoms with van der Waals surface area (Å²) in [5.41, 5.74) is -0.106. The van der Waals surface area contributed by atoms with Gasteiger partial charge in [0.1, 0.15) is 5.82 Å². The first-order valence-electron chi connectivity index (χ1n) is 7.48. The van der Waals surface area contributed by atoms with E-state index in [1.807, 2.05) is 0 Å². The smallest absolute Gasteiger partial charge is 0.252 e. The lowest BCUT2D eigenvalue weighted by Crippen LogP contribution is -2.25. The van der Waals surface area contributed by atoms with Crippen LogP contribution in [0, 0.1) is 5.82 Å². The van der Waals surface area contributed by atoms with Gasteiger partial charge in [-0.1, -0.05) is 5.16 Å². The van der Waals surface area contributed by atoms with Crippen molar-refractivity contribution in [2.24, 2.45) is 0 Å². The third-order valence-corrected chi connectivity index (χ3v) is 3.49. The molecule has 25 heavy (non-hydrogen) atoms. The van der Waals surface area contributed by atoms with Crippen LogP contribution in [-0.2, 0) is 17.7 Å². The third kappa shape index (κ3) is 3.89. The number of carbonyl (C=O) groups is 1. The molecule has 0 aliphatic heterocycles. The van der Waals surface area contributed by atoms with Crippen LogP contribution < -0.4 is 10.9 Å². The molecular formula is C16H15FN4O4. The number of methoxy groups -OCH3 is 1. The highest BCUT2D eigenvalue weighted by molar-refractivity contribution is 6.05. The number of pyridine rings is 1. The van der Waals surface area contributed by atoms with E-state index in [-0.39, 0.29) is 17.6 Å². The van der Waals surface area contributed by atoms with Crippen molar-refractivity contribution >= 4 is 16.8 Å². The lowest BCUT2D eigenvalue weighted by atomic mass is 10.1. The summed E-state index contributed by atoms with van der Waals surface area (Å²) >= 11 is 0. The zero-order valence-electron chi connectivity index (χ0n) is 13.3. The van der Waals surface area contributed by atoms with Gasteiger partial charge in [0.25, 0.3) is 5.91 Å². The first kappa shape index (κ1) is 16.8. The first-order valence-corrected chi connectivity index (χ1v) is 7.48. The number of rotatable bonds is 6. The Hall–Kier alpha value is -3.07. The number of halogens is 1. The van der Waals surface area contributed by atoms with Crippen LogP contribution in [0.25, 0.3) is 10.9 Å². The van der Waals surface area contributed by atoms with Crippen molar-refractivity contribution in [3.8, 4) is 0 Å². The highest BCUT2D eigenvalue weighted by Crippen LogP contribution is 2.16. The Kier molecular flexibility index (Phi) is 4.85. The molecule has 0 saturated heterocycles. The van der Waals surface area contributed by atoms with E-state index in [9.17, 15) is 14.0 Å². The second-order valence-corrected chi connectivity index (χ2v) is 5.27. The zero-order chi connectivity index (χ0) is 17.8. The molecule has 130 valence electrons. The predicted octanol–water partition coefficient (Wildman–Crippen LogP) is 1.17. The molecule has 0 aliphatic rings. The topological polar surface area (TPSA) is 110 Å². The van der Waals surface area contributed by atoms with E-state index in [1.54, 1.807) is 7.11 Å². The van der Waals surface area contributed by atoms with Crippen molar-refractivity contribution < 1.29 is 18.4 Å². The molecule has 8 nitrogen and oxygen atoms in total. The van der Waals surface area contributed by atoms with Gasteiger partial charge in [0.2, 0.25) is 11.4 Å². The van der Waals surface area contributed by atoms with Crippen LogP contribution in [0.5, 0.6) is 0 Å². The Bertz CT molecular complexity index is 966. The fraction of sp³-hybridized carbons (Fsp3) is 0.250. The van der Waals surface area contributed by atoms with Crippen molar-refractivity contribution in [1.29, 1.82) is 0 Å². The summed E-state index contributed by atoms with van der Waals surface area (Å²) < 4.78 is 23.2. The molecule has 0 bridgehead atoms. The maximum Gasteiger partial charge on any atom is 0.252 e. The summed E-state index contributed by atoms with van der Waals surface area (Å²) in [6, 6.07) is 4.98. The average molecular weight is 346 g/mol. The molecule has 0 unspecified atom stereocenters. The fourth-order valence-corrected chi connectivity index (χ4v) is 2.33. The molecule has 1 aromatic carbocycles. The van der Waals surface area contributed by atoms with Gasteiger partial charge in [-0.15, -0.1) is 0 Å². The molecule has 0 spiro atoms. The van der Waals surface area contributed by atoms with Crippen molar-refractivity contribution in [2.45, 2.75) is 13.0 Å². The molecule has 3 rings (SSSR count). The molecule has 0 saturated carbocycles. The maximum absolute atomic E-state index is 13.3. The van der Waals surface area contributed by atoms with Gasteiger partial charge in [0.15, 0.2) is 5.82 Å². The Morgan fingerprint density at radius 1 is 1.40 bits per heavy atom. The minimum Gasteiger partial charge on any atom is -0.384 e. The number of aromatic nitrogens is 3. The number of carbonyl (C=O) groups excluding carboxylic acids is 1. The lowest BCUT2D eigenvalue weighted by Gasteiger charge is -2.06. The van der Waals surface area contributed by atoms with Crippen molar-refractivity contribution in [3.05, 3.63) is 57.7 Å². The number of ether oxygens (including phenoxy) is 1. The number of hydrogen-bond donors (Lipinski definition) is 2. The molecule has 2 heterocycles. The Labute approximate surface area is 141 Å². The summed E-state index contributed by atoms with van der Waals surface area (Å²) in [5.74, 6) is -0.287. The van der Waals surface area contributed by atoms with Crippen LogP contribution in [0.3, 0.4) is 0 Å². The minimum atomic E-state index is -0.504. The Morgan fingerprint density at radius 2 is 2.24 bits per heavy atom. The summed E-state index contributed by atoms with van der Waals surface area (Å²) in [5, 5.41) is 6.81. The quantitative estimate of drug-likeness (QED) is 0.693. The summed E-state index contributed by atoms with van der Waals surface area (Å²) in [4.78, 5) is 30.7. The molecule has 0 fully saturated rings. The second kappa shape index (κ2) is 7.22. The Balaban J connectivity index is 1.76. The minimum absolute atomic E-state index is 0.0325. The van der Waals surface area contributed by atoms with E-state index in [0.29, 0.717) is 30.1 Å². The molecule has 2 aromatic heterocycles. The van der Waals surface area contributed by atoms with Gasteiger partial charge in [-0.05, 0) is 18.2 Å². The molecule has 9 heteroatoms. The van der Waals surface area contributed by atoms with E-state index in [2.05, 4.69) is 20.4 Å². The number of H-pyrrole nitrogens is 1. The molecule has 0 atom stereocenters. The Morgan fingerprint density at radius 3 is 3.04 bits per heavy atom. The number of hydrogen-bond acceptors (Lipinski definition) is 6. The van der Waals surface area contributed by atoms with Crippen LogP contribution >= 0.6 is 0 Å². The number of nitrogens with one attached hydrogen (secondary N) is 2. The van der Waals surface area contributed by atoms with Crippen LogP contribution in [0.4, 0.5) is 4.39 Å². The SMILES string of the molecule is COCCc1nc(CNC(=O)c2cc(=O)[nH]c3cc(F)ccc23)no1. The third-order valence-electron chi connectivity index (χ3n) is 3.49. The van der Waals surface area contributed by atoms with Crippen LogP contribution in [0.15, 0.2) is 33.6 Å². The van der Waals surface area contributed by atoms with Gasteiger partial charge in [-0.25, -0.2) is 4.39 Å². The van der Waals surface area contributed by atoms with E-state index in [4.69, 9.17) is 9.26 Å². The molecule has 0 aliphatic carbocycles. The van der Waals surface area contributed by atoms with Gasteiger partial charge >= 0.3 is 0 Å². The highest BCUT2D eigenvalue weighted by atomic mass is 19.1. The van der Waals surface area contributed by atoms with Crippen molar-refractivity contribution in [2.75, 3.05) is 13.7 Å². The standard InChI is InChI=1S/C16H15FN4O4/c1-24-5-4-15-20-13(21-25-15)8-18-16(23)11-7-14(22)19-12-6-9(17)2-3-10(11)12/h2-3,6-7H,4-5,8H2,1H3,(H,18,23)(H,19,22).